The van der Waals surface area contributed by atoms with Crippen LogP contribution in [0.3, 0.4) is 0 Å². The first-order valence-electron chi connectivity index (χ1n) is 7.70. The maximum atomic E-state index is 11.6. The number of ether oxygens (including phenoxy) is 2. The van der Waals surface area contributed by atoms with Crippen LogP contribution in [0.1, 0.15) is 61.5 Å². The first-order valence-corrected chi connectivity index (χ1v) is 7.70. The van der Waals surface area contributed by atoms with E-state index in [0.29, 0.717) is 5.69 Å². The smallest absolute Gasteiger partial charge is 0.360 e. The van der Waals surface area contributed by atoms with Crippen molar-refractivity contribution in [2.45, 2.75) is 56.6 Å². The number of aromatic nitrogens is 2. The number of hydrogen-bond acceptors (Lipinski definition) is 5. The Morgan fingerprint density at radius 2 is 2.24 bits per heavy atom. The minimum Gasteiger partial charge on any atom is -0.464 e. The molecule has 1 saturated heterocycles. The SMILES string of the molecule is COC(=O)c1nn(C2CCOC3(CCCCC3)C2)cc1N. The fourth-order valence-electron chi connectivity index (χ4n) is 3.62. The van der Waals surface area contributed by atoms with E-state index in [0.717, 1.165) is 32.3 Å². The number of nitrogen functional groups attached to an aromatic ring is 1. The summed E-state index contributed by atoms with van der Waals surface area (Å²) in [6.07, 6.45) is 9.64. The van der Waals surface area contributed by atoms with Crippen LogP contribution in [0.2, 0.25) is 0 Å². The number of carbonyl (C=O) groups excluding carboxylic acids is 1. The molecule has 0 amide bonds. The Balaban J connectivity index is 1.78. The van der Waals surface area contributed by atoms with Crippen LogP contribution in [0, 0.1) is 0 Å². The Kier molecular flexibility index (Phi) is 3.89. The molecule has 2 aliphatic rings. The van der Waals surface area contributed by atoms with Crippen molar-refractivity contribution >= 4 is 11.7 Å². The zero-order valence-corrected chi connectivity index (χ0v) is 12.5. The summed E-state index contributed by atoms with van der Waals surface area (Å²) in [5, 5.41) is 4.34. The van der Waals surface area contributed by atoms with Gasteiger partial charge < -0.3 is 15.2 Å². The standard InChI is InChI=1S/C15H23N3O3/c1-20-14(19)13-12(16)10-18(17-13)11-5-8-21-15(9-11)6-3-2-4-7-15/h10-11H,2-9,16H2,1H3. The van der Waals surface area contributed by atoms with E-state index in [-0.39, 0.29) is 17.3 Å². The fourth-order valence-corrected chi connectivity index (χ4v) is 3.62. The predicted octanol–water partition coefficient (Wildman–Crippen LogP) is 2.31. The molecule has 2 fully saturated rings. The Morgan fingerprint density at radius 1 is 1.48 bits per heavy atom. The topological polar surface area (TPSA) is 79.4 Å². The summed E-state index contributed by atoms with van der Waals surface area (Å²) in [7, 11) is 1.34. The van der Waals surface area contributed by atoms with Crippen LogP contribution in [-0.4, -0.2) is 35.1 Å². The van der Waals surface area contributed by atoms with E-state index < -0.39 is 5.97 Å². The van der Waals surface area contributed by atoms with Crippen molar-refractivity contribution in [2.75, 3.05) is 19.5 Å². The molecule has 1 aromatic heterocycles. The van der Waals surface area contributed by atoms with E-state index in [1.807, 2.05) is 4.68 Å². The molecule has 1 spiro atoms. The highest BCUT2D eigenvalue weighted by molar-refractivity contribution is 5.92. The molecule has 1 aliphatic carbocycles. The van der Waals surface area contributed by atoms with Crippen LogP contribution in [-0.2, 0) is 9.47 Å². The first kappa shape index (κ1) is 14.4. The van der Waals surface area contributed by atoms with Gasteiger partial charge in [-0.05, 0) is 25.7 Å². The van der Waals surface area contributed by atoms with E-state index in [1.165, 1.54) is 26.4 Å². The third-order valence-electron chi connectivity index (χ3n) is 4.74. The zero-order chi connectivity index (χ0) is 14.9. The largest absolute Gasteiger partial charge is 0.464 e. The minimum absolute atomic E-state index is 0.00725. The summed E-state index contributed by atoms with van der Waals surface area (Å²) in [5.41, 5.74) is 6.48. The number of esters is 1. The lowest BCUT2D eigenvalue weighted by molar-refractivity contribution is -0.115. The van der Waals surface area contributed by atoms with Gasteiger partial charge in [-0.25, -0.2) is 4.79 Å². The number of nitrogens with two attached hydrogens (primary N) is 1. The fraction of sp³-hybridized carbons (Fsp3) is 0.733. The summed E-state index contributed by atoms with van der Waals surface area (Å²) in [6, 6.07) is 0.248. The molecule has 0 radical (unpaired) electrons. The molecule has 2 heterocycles. The molecule has 21 heavy (non-hydrogen) atoms. The monoisotopic (exact) mass is 293 g/mol. The molecule has 1 saturated carbocycles. The Hall–Kier alpha value is -1.56. The van der Waals surface area contributed by atoms with Crippen molar-refractivity contribution < 1.29 is 14.3 Å². The molecular formula is C15H23N3O3. The highest BCUT2D eigenvalue weighted by Crippen LogP contribution is 2.42. The Morgan fingerprint density at radius 3 is 2.95 bits per heavy atom. The number of methoxy groups -OCH3 is 1. The van der Waals surface area contributed by atoms with Crippen LogP contribution >= 0.6 is 0 Å². The van der Waals surface area contributed by atoms with Crippen LogP contribution < -0.4 is 5.73 Å². The summed E-state index contributed by atoms with van der Waals surface area (Å²) in [6.45, 7) is 0.748. The molecule has 3 rings (SSSR count). The van der Waals surface area contributed by atoms with Gasteiger partial charge in [0.25, 0.3) is 0 Å². The lowest BCUT2D eigenvalue weighted by Gasteiger charge is -2.43. The molecule has 1 unspecified atom stereocenters. The summed E-state index contributed by atoms with van der Waals surface area (Å²) < 4.78 is 12.6. The van der Waals surface area contributed by atoms with Crippen LogP contribution in [0.4, 0.5) is 5.69 Å². The van der Waals surface area contributed by atoms with Gasteiger partial charge in [0.2, 0.25) is 0 Å². The zero-order valence-electron chi connectivity index (χ0n) is 12.5. The molecular weight excluding hydrogens is 270 g/mol. The third-order valence-corrected chi connectivity index (χ3v) is 4.74. The van der Waals surface area contributed by atoms with Gasteiger partial charge in [-0.3, -0.25) is 4.68 Å². The molecule has 6 nitrogen and oxygen atoms in total. The Labute approximate surface area is 124 Å². The molecule has 0 bridgehead atoms. The van der Waals surface area contributed by atoms with Crippen molar-refractivity contribution in [3.05, 3.63) is 11.9 Å². The minimum atomic E-state index is -0.481. The van der Waals surface area contributed by atoms with Gasteiger partial charge >= 0.3 is 5.97 Å². The number of hydrogen-bond donors (Lipinski definition) is 1. The number of rotatable bonds is 2. The van der Waals surface area contributed by atoms with E-state index >= 15 is 0 Å². The second kappa shape index (κ2) is 5.67. The lowest BCUT2D eigenvalue weighted by atomic mass is 9.78. The highest BCUT2D eigenvalue weighted by atomic mass is 16.5. The van der Waals surface area contributed by atoms with Gasteiger partial charge in [0.15, 0.2) is 5.69 Å². The quantitative estimate of drug-likeness (QED) is 0.846. The summed E-state index contributed by atoms with van der Waals surface area (Å²) >= 11 is 0. The van der Waals surface area contributed by atoms with Gasteiger partial charge in [0, 0.05) is 12.8 Å². The van der Waals surface area contributed by atoms with Crippen molar-refractivity contribution in [2.24, 2.45) is 0 Å². The van der Waals surface area contributed by atoms with E-state index in [4.69, 9.17) is 15.2 Å². The molecule has 1 aromatic rings. The maximum Gasteiger partial charge on any atom is 0.360 e. The van der Waals surface area contributed by atoms with Crippen LogP contribution in [0.25, 0.3) is 0 Å². The van der Waals surface area contributed by atoms with E-state index in [9.17, 15) is 4.79 Å². The van der Waals surface area contributed by atoms with Gasteiger partial charge in [-0.2, -0.15) is 5.10 Å². The normalized spacial score (nSPS) is 24.9. The summed E-state index contributed by atoms with van der Waals surface area (Å²) in [5.74, 6) is -0.481. The van der Waals surface area contributed by atoms with Crippen molar-refractivity contribution in [3.63, 3.8) is 0 Å². The molecule has 116 valence electrons. The second-order valence-electron chi connectivity index (χ2n) is 6.14. The number of nitrogens with zero attached hydrogens (tertiary/aromatic N) is 2. The average Bonchev–Trinajstić information content (AvgIpc) is 2.89. The highest BCUT2D eigenvalue weighted by Gasteiger charge is 2.39. The average molecular weight is 293 g/mol. The molecule has 1 aliphatic heterocycles. The van der Waals surface area contributed by atoms with Crippen LogP contribution in [0.5, 0.6) is 0 Å². The van der Waals surface area contributed by atoms with Crippen molar-refractivity contribution in [1.29, 1.82) is 0 Å². The second-order valence-corrected chi connectivity index (χ2v) is 6.14. The Bertz CT molecular complexity index is 515. The molecule has 2 N–H and O–H groups in total. The van der Waals surface area contributed by atoms with Gasteiger partial charge in [-0.15, -0.1) is 0 Å². The van der Waals surface area contributed by atoms with Gasteiger partial charge in [0.1, 0.15) is 0 Å². The maximum absolute atomic E-state index is 11.6. The number of carbonyl (C=O) groups is 1. The first-order chi connectivity index (χ1) is 10.1. The van der Waals surface area contributed by atoms with Gasteiger partial charge in [0.05, 0.1) is 24.4 Å². The van der Waals surface area contributed by atoms with E-state index in [2.05, 4.69) is 5.10 Å². The number of anilines is 1. The lowest BCUT2D eigenvalue weighted by Crippen LogP contribution is -2.42. The molecule has 6 heteroatoms. The van der Waals surface area contributed by atoms with Crippen molar-refractivity contribution in [3.8, 4) is 0 Å². The summed E-state index contributed by atoms with van der Waals surface area (Å²) in [4.78, 5) is 11.6. The van der Waals surface area contributed by atoms with Gasteiger partial charge in [-0.1, -0.05) is 19.3 Å². The third kappa shape index (κ3) is 2.77. The molecule has 1 atom stereocenters. The van der Waals surface area contributed by atoms with Crippen molar-refractivity contribution in [1.82, 2.24) is 9.78 Å². The van der Waals surface area contributed by atoms with Crippen LogP contribution in [0.15, 0.2) is 6.20 Å². The predicted molar refractivity (Wildman–Crippen MR) is 78.0 cm³/mol. The molecule has 0 aromatic carbocycles. The van der Waals surface area contributed by atoms with E-state index in [1.54, 1.807) is 6.20 Å².